The molecule has 0 atom stereocenters. The largest absolute Gasteiger partial charge is 0.497 e. The fourth-order valence-electron chi connectivity index (χ4n) is 2.01. The zero-order valence-electron chi connectivity index (χ0n) is 12.1. The molecule has 0 bridgehead atoms. The fourth-order valence-corrected chi connectivity index (χ4v) is 3.49. The van der Waals surface area contributed by atoms with Gasteiger partial charge in [-0.05, 0) is 36.4 Å². The molecular weight excluding hydrogens is 300 g/mol. The first kappa shape index (κ1) is 15.9. The van der Waals surface area contributed by atoms with Crippen molar-refractivity contribution in [3.05, 3.63) is 54.6 Å². The van der Waals surface area contributed by atoms with Crippen molar-refractivity contribution in [3.8, 4) is 11.8 Å². The van der Waals surface area contributed by atoms with Crippen LogP contribution in [0.15, 0.2) is 59.5 Å². The number of benzene rings is 2. The number of nitrogens with zero attached hydrogens (tertiary/aromatic N) is 2. The molecule has 0 aromatic heterocycles. The summed E-state index contributed by atoms with van der Waals surface area (Å²) >= 11 is 0. The molecule has 0 aliphatic rings. The summed E-state index contributed by atoms with van der Waals surface area (Å²) in [5.41, 5.74) is 0.500. The van der Waals surface area contributed by atoms with Gasteiger partial charge in [-0.2, -0.15) is 5.26 Å². The van der Waals surface area contributed by atoms with Crippen molar-refractivity contribution in [1.82, 2.24) is 0 Å². The van der Waals surface area contributed by atoms with E-state index in [9.17, 15) is 8.42 Å². The second kappa shape index (κ2) is 6.96. The summed E-state index contributed by atoms with van der Waals surface area (Å²) in [6, 6.07) is 16.9. The van der Waals surface area contributed by atoms with E-state index in [0.29, 0.717) is 11.4 Å². The van der Waals surface area contributed by atoms with Crippen LogP contribution in [0.3, 0.4) is 0 Å². The number of anilines is 1. The molecule has 0 saturated heterocycles. The zero-order chi connectivity index (χ0) is 16.0. The summed E-state index contributed by atoms with van der Waals surface area (Å²) in [5, 5.41) is 8.79. The summed E-state index contributed by atoms with van der Waals surface area (Å²) in [7, 11) is -2.16. The minimum Gasteiger partial charge on any atom is -0.497 e. The lowest BCUT2D eigenvalue weighted by Crippen LogP contribution is -2.31. The van der Waals surface area contributed by atoms with E-state index in [1.807, 2.05) is 6.07 Å². The molecule has 0 unspecified atom stereocenters. The van der Waals surface area contributed by atoms with Gasteiger partial charge in [0, 0.05) is 6.54 Å². The molecule has 22 heavy (non-hydrogen) atoms. The molecule has 2 rings (SSSR count). The first-order valence-corrected chi connectivity index (χ1v) is 8.12. The van der Waals surface area contributed by atoms with Crippen LogP contribution in [0.25, 0.3) is 0 Å². The third-order valence-electron chi connectivity index (χ3n) is 3.12. The Morgan fingerprint density at radius 2 is 1.73 bits per heavy atom. The lowest BCUT2D eigenvalue weighted by Gasteiger charge is -2.23. The van der Waals surface area contributed by atoms with E-state index in [0.717, 1.165) is 0 Å². The van der Waals surface area contributed by atoms with Crippen LogP contribution in [0.1, 0.15) is 6.42 Å². The SMILES string of the molecule is COc1ccc(N(CCC#N)S(=O)(=O)c2ccccc2)cc1. The highest BCUT2D eigenvalue weighted by Gasteiger charge is 2.24. The van der Waals surface area contributed by atoms with Crippen molar-refractivity contribution in [1.29, 1.82) is 5.26 Å². The van der Waals surface area contributed by atoms with Crippen molar-refractivity contribution >= 4 is 15.7 Å². The number of methoxy groups -OCH3 is 1. The Labute approximate surface area is 130 Å². The molecule has 0 N–H and O–H groups in total. The molecule has 0 saturated carbocycles. The lowest BCUT2D eigenvalue weighted by molar-refractivity contribution is 0.415. The van der Waals surface area contributed by atoms with Crippen LogP contribution >= 0.6 is 0 Å². The molecule has 0 radical (unpaired) electrons. The Morgan fingerprint density at radius 3 is 2.27 bits per heavy atom. The monoisotopic (exact) mass is 316 g/mol. The van der Waals surface area contributed by atoms with E-state index < -0.39 is 10.0 Å². The maximum absolute atomic E-state index is 12.8. The highest BCUT2D eigenvalue weighted by molar-refractivity contribution is 7.92. The minimum atomic E-state index is -3.70. The number of hydrogen-bond donors (Lipinski definition) is 0. The van der Waals surface area contributed by atoms with E-state index in [1.165, 1.54) is 16.4 Å². The Morgan fingerprint density at radius 1 is 1.09 bits per heavy atom. The Kier molecular flexibility index (Phi) is 5.02. The molecule has 114 valence electrons. The van der Waals surface area contributed by atoms with Gasteiger partial charge in [-0.1, -0.05) is 18.2 Å². The van der Waals surface area contributed by atoms with E-state index >= 15 is 0 Å². The van der Waals surface area contributed by atoms with Gasteiger partial charge >= 0.3 is 0 Å². The third kappa shape index (κ3) is 3.38. The molecule has 0 fully saturated rings. The standard InChI is InChI=1S/C16H16N2O3S/c1-21-15-10-8-14(9-11-15)18(13-5-12-17)22(19,20)16-6-3-2-4-7-16/h2-4,6-11H,5,13H2,1H3. The van der Waals surface area contributed by atoms with Crippen LogP contribution < -0.4 is 9.04 Å². The van der Waals surface area contributed by atoms with Crippen molar-refractivity contribution in [2.45, 2.75) is 11.3 Å². The van der Waals surface area contributed by atoms with Gasteiger partial charge in [0.05, 0.1) is 30.2 Å². The van der Waals surface area contributed by atoms with Crippen molar-refractivity contribution < 1.29 is 13.2 Å². The number of hydrogen-bond acceptors (Lipinski definition) is 4. The Balaban J connectivity index is 2.43. The van der Waals surface area contributed by atoms with Crippen LogP contribution in [0.4, 0.5) is 5.69 Å². The molecule has 0 heterocycles. The van der Waals surface area contributed by atoms with Crippen LogP contribution in [0.2, 0.25) is 0 Å². The number of rotatable bonds is 6. The minimum absolute atomic E-state index is 0.0973. The molecule has 0 spiro atoms. The summed E-state index contributed by atoms with van der Waals surface area (Å²) in [6.07, 6.45) is 0.109. The molecule has 0 aliphatic heterocycles. The van der Waals surface area contributed by atoms with Gasteiger partial charge in [0.2, 0.25) is 0 Å². The second-order valence-electron chi connectivity index (χ2n) is 4.50. The van der Waals surface area contributed by atoms with Crippen molar-refractivity contribution in [2.24, 2.45) is 0 Å². The lowest BCUT2D eigenvalue weighted by atomic mass is 10.3. The zero-order valence-corrected chi connectivity index (χ0v) is 13.0. The normalized spacial score (nSPS) is 10.7. The van der Waals surface area contributed by atoms with Crippen molar-refractivity contribution in [2.75, 3.05) is 18.0 Å². The number of nitriles is 1. The maximum atomic E-state index is 12.8. The predicted octanol–water partition coefficient (Wildman–Crippen LogP) is 2.80. The topological polar surface area (TPSA) is 70.4 Å². The highest BCUT2D eigenvalue weighted by atomic mass is 32.2. The Bertz CT molecular complexity index is 750. The molecule has 6 heteroatoms. The van der Waals surface area contributed by atoms with Crippen LogP contribution in [0.5, 0.6) is 5.75 Å². The second-order valence-corrected chi connectivity index (χ2v) is 6.36. The van der Waals surface area contributed by atoms with E-state index in [2.05, 4.69) is 0 Å². The smallest absolute Gasteiger partial charge is 0.264 e. The third-order valence-corrected chi connectivity index (χ3v) is 4.96. The van der Waals surface area contributed by atoms with Gasteiger partial charge < -0.3 is 4.74 Å². The first-order chi connectivity index (χ1) is 10.6. The van der Waals surface area contributed by atoms with Gasteiger partial charge in [0.15, 0.2) is 0 Å². The molecular formula is C16H16N2O3S. The molecule has 0 aliphatic carbocycles. The van der Waals surface area contributed by atoms with Gasteiger partial charge in [-0.25, -0.2) is 8.42 Å². The quantitative estimate of drug-likeness (QED) is 0.821. The van der Waals surface area contributed by atoms with Crippen LogP contribution in [-0.2, 0) is 10.0 Å². The summed E-state index contributed by atoms with van der Waals surface area (Å²) in [4.78, 5) is 0.198. The summed E-state index contributed by atoms with van der Waals surface area (Å²) in [5.74, 6) is 0.640. The van der Waals surface area contributed by atoms with Crippen LogP contribution in [0, 0.1) is 11.3 Å². The average molecular weight is 316 g/mol. The summed E-state index contributed by atoms with van der Waals surface area (Å²) < 4.78 is 31.9. The van der Waals surface area contributed by atoms with E-state index in [1.54, 1.807) is 49.6 Å². The average Bonchev–Trinajstić information content (AvgIpc) is 2.56. The van der Waals surface area contributed by atoms with Gasteiger partial charge in [0.25, 0.3) is 10.0 Å². The molecule has 5 nitrogen and oxygen atoms in total. The van der Waals surface area contributed by atoms with Crippen molar-refractivity contribution in [3.63, 3.8) is 0 Å². The number of ether oxygens (including phenoxy) is 1. The van der Waals surface area contributed by atoms with Gasteiger partial charge in [-0.15, -0.1) is 0 Å². The highest BCUT2D eigenvalue weighted by Crippen LogP contribution is 2.25. The van der Waals surface area contributed by atoms with Gasteiger partial charge in [-0.3, -0.25) is 4.31 Å². The molecule has 2 aromatic rings. The van der Waals surface area contributed by atoms with E-state index in [-0.39, 0.29) is 17.9 Å². The Hall–Kier alpha value is -2.52. The number of sulfonamides is 1. The van der Waals surface area contributed by atoms with Crippen LogP contribution in [-0.4, -0.2) is 22.1 Å². The summed E-state index contributed by atoms with van der Waals surface area (Å²) in [6.45, 7) is 0.0973. The maximum Gasteiger partial charge on any atom is 0.264 e. The molecule has 2 aromatic carbocycles. The van der Waals surface area contributed by atoms with E-state index in [4.69, 9.17) is 10.00 Å². The van der Waals surface area contributed by atoms with Gasteiger partial charge in [0.1, 0.15) is 5.75 Å². The fraction of sp³-hybridized carbons (Fsp3) is 0.188. The predicted molar refractivity (Wildman–Crippen MR) is 84.2 cm³/mol. The first-order valence-electron chi connectivity index (χ1n) is 6.68. The molecule has 0 amide bonds.